The predicted octanol–water partition coefficient (Wildman–Crippen LogP) is 2.45. The first kappa shape index (κ1) is 17.9. The zero-order valence-corrected chi connectivity index (χ0v) is 15.4. The van der Waals surface area contributed by atoms with Crippen LogP contribution in [0, 0.1) is 0 Å². The quantitative estimate of drug-likeness (QED) is 0.711. The van der Waals surface area contributed by atoms with Gasteiger partial charge >= 0.3 is 0 Å². The number of carbonyl (C=O) groups excluding carboxylic acids is 1. The van der Waals surface area contributed by atoms with E-state index in [1.807, 2.05) is 49.4 Å². The number of pyridine rings is 1. The van der Waals surface area contributed by atoms with Crippen LogP contribution < -0.4 is 25.1 Å². The monoisotopic (exact) mass is 380 g/mol. The minimum atomic E-state index is -0.276. The molecule has 0 unspecified atom stereocenters. The number of benzene rings is 2. The molecule has 1 aliphatic rings. The molecule has 0 fully saturated rings. The van der Waals surface area contributed by atoms with Crippen LogP contribution in [0.5, 0.6) is 17.2 Å². The summed E-state index contributed by atoms with van der Waals surface area (Å²) in [7, 11) is 0. The minimum Gasteiger partial charge on any atom is -0.483 e. The van der Waals surface area contributed by atoms with Crippen molar-refractivity contribution in [1.29, 1.82) is 0 Å². The van der Waals surface area contributed by atoms with Crippen molar-refractivity contribution in [1.82, 2.24) is 9.88 Å². The van der Waals surface area contributed by atoms with Gasteiger partial charge in [0, 0.05) is 24.5 Å². The Labute approximate surface area is 161 Å². The third kappa shape index (κ3) is 3.51. The van der Waals surface area contributed by atoms with Crippen LogP contribution in [0.25, 0.3) is 10.9 Å². The summed E-state index contributed by atoms with van der Waals surface area (Å²) < 4.78 is 17.9. The van der Waals surface area contributed by atoms with E-state index in [0.29, 0.717) is 30.3 Å². The van der Waals surface area contributed by atoms with Gasteiger partial charge < -0.3 is 24.1 Å². The highest BCUT2D eigenvalue weighted by Gasteiger charge is 2.14. The first-order chi connectivity index (χ1) is 13.7. The highest BCUT2D eigenvalue weighted by Crippen LogP contribution is 2.32. The maximum atomic E-state index is 12.3. The van der Waals surface area contributed by atoms with E-state index in [-0.39, 0.29) is 24.9 Å². The van der Waals surface area contributed by atoms with Gasteiger partial charge in [-0.25, -0.2) is 0 Å². The second-order valence-corrected chi connectivity index (χ2v) is 6.36. The lowest BCUT2D eigenvalue weighted by Crippen LogP contribution is -2.29. The van der Waals surface area contributed by atoms with E-state index in [1.54, 1.807) is 4.57 Å². The van der Waals surface area contributed by atoms with Crippen LogP contribution in [-0.2, 0) is 17.9 Å². The molecule has 7 heteroatoms. The van der Waals surface area contributed by atoms with E-state index in [4.69, 9.17) is 14.2 Å². The Bertz CT molecular complexity index is 1090. The summed E-state index contributed by atoms with van der Waals surface area (Å²) >= 11 is 0. The lowest BCUT2D eigenvalue weighted by atomic mass is 10.2. The Morgan fingerprint density at radius 3 is 2.82 bits per heavy atom. The highest BCUT2D eigenvalue weighted by atomic mass is 16.7. The van der Waals surface area contributed by atoms with Crippen molar-refractivity contribution in [2.45, 2.75) is 20.0 Å². The van der Waals surface area contributed by atoms with E-state index in [2.05, 4.69) is 5.32 Å². The number of rotatable bonds is 6. The van der Waals surface area contributed by atoms with Crippen LogP contribution in [0.15, 0.2) is 53.3 Å². The number of hydrogen-bond acceptors (Lipinski definition) is 5. The summed E-state index contributed by atoms with van der Waals surface area (Å²) in [5.74, 6) is 1.50. The van der Waals surface area contributed by atoms with Crippen LogP contribution in [0.3, 0.4) is 0 Å². The number of fused-ring (bicyclic) bond motifs is 2. The summed E-state index contributed by atoms with van der Waals surface area (Å²) in [5, 5.41) is 3.60. The number of para-hydroxylation sites is 1. The molecule has 1 N–H and O–H groups in total. The molecule has 0 saturated carbocycles. The van der Waals surface area contributed by atoms with Gasteiger partial charge in [-0.1, -0.05) is 18.2 Å². The fourth-order valence-corrected chi connectivity index (χ4v) is 3.20. The number of nitrogens with one attached hydrogen (secondary N) is 1. The summed E-state index contributed by atoms with van der Waals surface area (Å²) in [4.78, 5) is 24.5. The Kier molecular flexibility index (Phi) is 4.89. The van der Waals surface area contributed by atoms with Crippen molar-refractivity contribution >= 4 is 16.8 Å². The number of aromatic nitrogens is 1. The first-order valence-corrected chi connectivity index (χ1v) is 9.06. The number of hydrogen-bond donors (Lipinski definition) is 1. The second kappa shape index (κ2) is 7.64. The molecule has 0 aliphatic carbocycles. The fourth-order valence-electron chi connectivity index (χ4n) is 3.20. The molecule has 1 aliphatic heterocycles. The maximum absolute atomic E-state index is 12.3. The molecule has 4 rings (SSSR count). The standard InChI is InChI=1S/C21H20N2O5/c1-2-23-16-6-4-3-5-15(16)18(10-21(23)25)26-12-20(24)22-11-14-7-8-17-19(9-14)28-13-27-17/h3-10H,2,11-13H2,1H3,(H,22,24). The molecule has 1 aromatic heterocycles. The van der Waals surface area contributed by atoms with Gasteiger partial charge in [-0.2, -0.15) is 0 Å². The van der Waals surface area contributed by atoms with Crippen molar-refractivity contribution < 1.29 is 19.0 Å². The zero-order valence-electron chi connectivity index (χ0n) is 15.4. The molecule has 0 bridgehead atoms. The van der Waals surface area contributed by atoms with Gasteiger partial charge in [0.05, 0.1) is 5.52 Å². The SMILES string of the molecule is CCn1c(=O)cc(OCC(=O)NCc2ccc3c(c2)OCO3)c2ccccc21. The Morgan fingerprint density at radius 1 is 1.14 bits per heavy atom. The molecule has 0 spiro atoms. The van der Waals surface area contributed by atoms with Crippen LogP contribution in [0.1, 0.15) is 12.5 Å². The first-order valence-electron chi connectivity index (χ1n) is 9.06. The van der Waals surface area contributed by atoms with Gasteiger partial charge in [-0.05, 0) is 36.8 Å². The second-order valence-electron chi connectivity index (χ2n) is 6.36. The smallest absolute Gasteiger partial charge is 0.258 e. The molecule has 7 nitrogen and oxygen atoms in total. The van der Waals surface area contributed by atoms with Crippen LogP contribution in [0.2, 0.25) is 0 Å². The van der Waals surface area contributed by atoms with Crippen molar-refractivity contribution in [3.05, 3.63) is 64.4 Å². The van der Waals surface area contributed by atoms with Crippen molar-refractivity contribution in [3.63, 3.8) is 0 Å². The Hall–Kier alpha value is -3.48. The van der Waals surface area contributed by atoms with E-state index < -0.39 is 0 Å². The largest absolute Gasteiger partial charge is 0.483 e. The van der Waals surface area contributed by atoms with Crippen molar-refractivity contribution in [3.8, 4) is 17.2 Å². The number of aryl methyl sites for hydroxylation is 1. The van der Waals surface area contributed by atoms with Gasteiger partial charge in [0.25, 0.3) is 11.5 Å². The summed E-state index contributed by atoms with van der Waals surface area (Å²) in [6.07, 6.45) is 0. The number of nitrogens with zero attached hydrogens (tertiary/aromatic N) is 1. The number of amides is 1. The normalized spacial score (nSPS) is 12.2. The predicted molar refractivity (Wildman–Crippen MR) is 104 cm³/mol. The molecule has 0 radical (unpaired) electrons. The molecule has 0 saturated heterocycles. The Morgan fingerprint density at radius 2 is 1.96 bits per heavy atom. The van der Waals surface area contributed by atoms with E-state index in [1.165, 1.54) is 6.07 Å². The fraction of sp³-hybridized carbons (Fsp3) is 0.238. The van der Waals surface area contributed by atoms with Gasteiger partial charge in [0.15, 0.2) is 18.1 Å². The highest BCUT2D eigenvalue weighted by molar-refractivity contribution is 5.86. The van der Waals surface area contributed by atoms with Gasteiger partial charge in [-0.15, -0.1) is 0 Å². The molecule has 2 heterocycles. The van der Waals surface area contributed by atoms with E-state index >= 15 is 0 Å². The zero-order chi connectivity index (χ0) is 19.5. The third-order valence-corrected chi connectivity index (χ3v) is 4.58. The van der Waals surface area contributed by atoms with E-state index in [9.17, 15) is 9.59 Å². The molecule has 144 valence electrons. The lowest BCUT2D eigenvalue weighted by molar-refractivity contribution is -0.123. The molecule has 0 atom stereocenters. The summed E-state index contributed by atoms with van der Waals surface area (Å²) in [6, 6.07) is 14.4. The Balaban J connectivity index is 1.42. The molecule has 2 aromatic carbocycles. The number of ether oxygens (including phenoxy) is 3. The average molecular weight is 380 g/mol. The van der Waals surface area contributed by atoms with Gasteiger partial charge in [0.2, 0.25) is 6.79 Å². The van der Waals surface area contributed by atoms with Gasteiger partial charge in [-0.3, -0.25) is 9.59 Å². The minimum absolute atomic E-state index is 0.156. The average Bonchev–Trinajstić information content (AvgIpc) is 3.18. The van der Waals surface area contributed by atoms with Crippen LogP contribution >= 0.6 is 0 Å². The van der Waals surface area contributed by atoms with Crippen molar-refractivity contribution in [2.24, 2.45) is 0 Å². The molecular weight excluding hydrogens is 360 g/mol. The molecular formula is C21H20N2O5. The molecule has 28 heavy (non-hydrogen) atoms. The van der Waals surface area contributed by atoms with Crippen LogP contribution in [0.4, 0.5) is 0 Å². The van der Waals surface area contributed by atoms with Crippen LogP contribution in [-0.4, -0.2) is 23.9 Å². The van der Waals surface area contributed by atoms with Crippen molar-refractivity contribution in [2.75, 3.05) is 13.4 Å². The summed E-state index contributed by atoms with van der Waals surface area (Å²) in [6.45, 7) is 2.86. The van der Waals surface area contributed by atoms with Gasteiger partial charge in [0.1, 0.15) is 5.75 Å². The maximum Gasteiger partial charge on any atom is 0.258 e. The lowest BCUT2D eigenvalue weighted by Gasteiger charge is -2.13. The van der Waals surface area contributed by atoms with E-state index in [0.717, 1.165) is 16.5 Å². The number of carbonyl (C=O) groups is 1. The molecule has 1 amide bonds. The molecule has 3 aromatic rings. The third-order valence-electron chi connectivity index (χ3n) is 4.58. The topological polar surface area (TPSA) is 78.8 Å². The summed E-state index contributed by atoms with van der Waals surface area (Å²) in [5.41, 5.74) is 1.53.